The second-order valence-electron chi connectivity index (χ2n) is 5.87. The fourth-order valence-corrected chi connectivity index (χ4v) is 3.14. The molecule has 0 radical (unpaired) electrons. The number of benzene rings is 1. The Bertz CT molecular complexity index is 450. The van der Waals surface area contributed by atoms with Crippen LogP contribution in [0.2, 0.25) is 0 Å². The molecule has 0 spiro atoms. The van der Waals surface area contributed by atoms with Crippen LogP contribution in [0, 0.1) is 0 Å². The smallest absolute Gasteiger partial charge is 0.125 e. The number of morpholine rings is 1. The van der Waals surface area contributed by atoms with Gasteiger partial charge in [-0.3, -0.25) is 4.90 Å². The molecule has 2 atom stereocenters. The fraction of sp³-hybridized carbons (Fsp3) is 0.625. The lowest BCUT2D eigenvalue weighted by molar-refractivity contribution is -0.0753. The number of hydrogen-bond donors (Lipinski definition) is 0. The van der Waals surface area contributed by atoms with Gasteiger partial charge in [-0.2, -0.15) is 0 Å². The third-order valence-electron chi connectivity index (χ3n) is 4.23. The summed E-state index contributed by atoms with van der Waals surface area (Å²) in [6.07, 6.45) is 1.19. The van der Waals surface area contributed by atoms with Crippen LogP contribution in [0.1, 0.15) is 18.1 Å². The highest BCUT2D eigenvalue weighted by atomic mass is 16.5. The molecular weight excluding hydrogens is 252 g/mol. The first-order valence-corrected chi connectivity index (χ1v) is 7.48. The SMILES string of the molecule is CN(C)CCN1CCO[C@@H]2c3ccccc3OCC[C@H]21. The van der Waals surface area contributed by atoms with E-state index in [1.807, 2.05) is 6.07 Å². The van der Waals surface area contributed by atoms with Crippen molar-refractivity contribution in [1.29, 1.82) is 0 Å². The highest BCUT2D eigenvalue weighted by molar-refractivity contribution is 5.37. The summed E-state index contributed by atoms with van der Waals surface area (Å²) in [6, 6.07) is 8.75. The van der Waals surface area contributed by atoms with E-state index in [0.717, 1.165) is 45.0 Å². The Hall–Kier alpha value is -1.10. The van der Waals surface area contributed by atoms with Gasteiger partial charge in [0.25, 0.3) is 0 Å². The van der Waals surface area contributed by atoms with Crippen molar-refractivity contribution < 1.29 is 9.47 Å². The molecule has 2 heterocycles. The first kappa shape index (κ1) is 13.9. The van der Waals surface area contributed by atoms with Crippen molar-refractivity contribution in [2.45, 2.75) is 18.6 Å². The molecule has 20 heavy (non-hydrogen) atoms. The number of para-hydroxylation sites is 1. The van der Waals surface area contributed by atoms with Crippen molar-refractivity contribution in [1.82, 2.24) is 9.80 Å². The molecule has 2 aliphatic rings. The topological polar surface area (TPSA) is 24.9 Å². The Morgan fingerprint density at radius 1 is 1.25 bits per heavy atom. The minimum absolute atomic E-state index is 0.157. The summed E-state index contributed by atoms with van der Waals surface area (Å²) < 4.78 is 12.0. The normalized spacial score (nSPS) is 26.6. The Kier molecular flexibility index (Phi) is 4.24. The van der Waals surface area contributed by atoms with Gasteiger partial charge in [0, 0.05) is 31.2 Å². The predicted octanol–water partition coefficient (Wildman–Crippen LogP) is 1.77. The minimum atomic E-state index is 0.157. The van der Waals surface area contributed by atoms with Crippen molar-refractivity contribution in [3.8, 4) is 5.75 Å². The van der Waals surface area contributed by atoms with Gasteiger partial charge < -0.3 is 14.4 Å². The standard InChI is InChI=1S/C16H24N2O2/c1-17(2)8-9-18-10-12-20-16-13-5-3-4-6-15(13)19-11-7-14(16)18/h3-6,14,16H,7-12H2,1-2H3/t14-,16-/m1/s1. The lowest BCUT2D eigenvalue weighted by atomic mass is 9.97. The first-order chi connectivity index (χ1) is 9.75. The molecular formula is C16H24N2O2. The number of ether oxygens (including phenoxy) is 2. The average Bonchev–Trinajstić information content (AvgIpc) is 2.65. The molecule has 0 amide bonds. The van der Waals surface area contributed by atoms with Gasteiger partial charge in [0.1, 0.15) is 11.9 Å². The average molecular weight is 276 g/mol. The van der Waals surface area contributed by atoms with Crippen LogP contribution in [0.4, 0.5) is 0 Å². The summed E-state index contributed by atoms with van der Waals surface area (Å²) in [5.41, 5.74) is 1.21. The van der Waals surface area contributed by atoms with Gasteiger partial charge in [0.15, 0.2) is 0 Å². The lowest BCUT2D eigenvalue weighted by Crippen LogP contribution is -2.49. The first-order valence-electron chi connectivity index (χ1n) is 7.48. The van der Waals surface area contributed by atoms with E-state index in [9.17, 15) is 0 Å². The van der Waals surface area contributed by atoms with Crippen LogP contribution in [-0.2, 0) is 4.74 Å². The van der Waals surface area contributed by atoms with Gasteiger partial charge >= 0.3 is 0 Å². The van der Waals surface area contributed by atoms with E-state index in [2.05, 4.69) is 42.1 Å². The number of hydrogen-bond acceptors (Lipinski definition) is 4. The Labute approximate surface area is 121 Å². The zero-order valence-corrected chi connectivity index (χ0v) is 12.4. The molecule has 110 valence electrons. The van der Waals surface area contributed by atoms with E-state index in [4.69, 9.17) is 9.47 Å². The monoisotopic (exact) mass is 276 g/mol. The fourth-order valence-electron chi connectivity index (χ4n) is 3.14. The van der Waals surface area contributed by atoms with Gasteiger partial charge in [0.05, 0.1) is 13.2 Å². The molecule has 4 nitrogen and oxygen atoms in total. The molecule has 0 aromatic heterocycles. The summed E-state index contributed by atoms with van der Waals surface area (Å²) in [4.78, 5) is 4.81. The lowest BCUT2D eigenvalue weighted by Gasteiger charge is -2.40. The number of likely N-dealkylation sites (N-methyl/N-ethyl adjacent to an activating group) is 1. The van der Waals surface area contributed by atoms with Crippen LogP contribution in [0.25, 0.3) is 0 Å². The van der Waals surface area contributed by atoms with Crippen LogP contribution in [-0.4, -0.2) is 62.8 Å². The number of fused-ring (bicyclic) bond motifs is 3. The third kappa shape index (κ3) is 2.82. The van der Waals surface area contributed by atoms with Gasteiger partial charge in [-0.25, -0.2) is 0 Å². The van der Waals surface area contributed by atoms with E-state index in [0.29, 0.717) is 6.04 Å². The van der Waals surface area contributed by atoms with Crippen LogP contribution < -0.4 is 4.74 Å². The van der Waals surface area contributed by atoms with Crippen molar-refractivity contribution in [2.24, 2.45) is 0 Å². The minimum Gasteiger partial charge on any atom is -0.493 e. The summed E-state index contributed by atoms with van der Waals surface area (Å²) in [6.45, 7) is 4.80. The molecule has 0 unspecified atom stereocenters. The molecule has 0 bridgehead atoms. The maximum absolute atomic E-state index is 6.09. The maximum atomic E-state index is 6.09. The zero-order chi connectivity index (χ0) is 13.9. The van der Waals surface area contributed by atoms with E-state index >= 15 is 0 Å². The maximum Gasteiger partial charge on any atom is 0.125 e. The van der Waals surface area contributed by atoms with Gasteiger partial charge in [0.2, 0.25) is 0 Å². The zero-order valence-electron chi connectivity index (χ0n) is 12.4. The van der Waals surface area contributed by atoms with E-state index in [1.54, 1.807) is 0 Å². The van der Waals surface area contributed by atoms with Crippen LogP contribution in [0.3, 0.4) is 0 Å². The van der Waals surface area contributed by atoms with Crippen molar-refractivity contribution >= 4 is 0 Å². The molecule has 0 aliphatic carbocycles. The summed E-state index contributed by atoms with van der Waals surface area (Å²) in [5.74, 6) is 0.995. The summed E-state index contributed by atoms with van der Waals surface area (Å²) >= 11 is 0. The van der Waals surface area contributed by atoms with Gasteiger partial charge in [-0.1, -0.05) is 18.2 Å². The Morgan fingerprint density at radius 2 is 2.10 bits per heavy atom. The Morgan fingerprint density at radius 3 is 2.95 bits per heavy atom. The predicted molar refractivity (Wildman–Crippen MR) is 79.2 cm³/mol. The second kappa shape index (κ2) is 6.12. The van der Waals surface area contributed by atoms with Crippen LogP contribution in [0.15, 0.2) is 24.3 Å². The number of nitrogens with zero attached hydrogens (tertiary/aromatic N) is 2. The van der Waals surface area contributed by atoms with E-state index < -0.39 is 0 Å². The molecule has 1 aromatic rings. The highest BCUT2D eigenvalue weighted by Crippen LogP contribution is 2.37. The molecule has 2 aliphatic heterocycles. The van der Waals surface area contributed by atoms with Gasteiger partial charge in [-0.15, -0.1) is 0 Å². The number of rotatable bonds is 3. The third-order valence-corrected chi connectivity index (χ3v) is 4.23. The molecule has 3 rings (SSSR count). The van der Waals surface area contributed by atoms with Crippen LogP contribution >= 0.6 is 0 Å². The second-order valence-corrected chi connectivity index (χ2v) is 5.87. The van der Waals surface area contributed by atoms with Gasteiger partial charge in [-0.05, 0) is 26.6 Å². The molecule has 0 N–H and O–H groups in total. The molecule has 4 heteroatoms. The summed E-state index contributed by atoms with van der Waals surface area (Å²) in [5, 5.41) is 0. The van der Waals surface area contributed by atoms with Crippen molar-refractivity contribution in [3.05, 3.63) is 29.8 Å². The molecule has 0 saturated carbocycles. The Balaban J connectivity index is 1.80. The quantitative estimate of drug-likeness (QED) is 0.840. The highest BCUT2D eigenvalue weighted by Gasteiger charge is 2.36. The van der Waals surface area contributed by atoms with E-state index in [1.165, 1.54) is 5.56 Å². The van der Waals surface area contributed by atoms with E-state index in [-0.39, 0.29) is 6.10 Å². The largest absolute Gasteiger partial charge is 0.493 e. The summed E-state index contributed by atoms with van der Waals surface area (Å²) in [7, 11) is 4.26. The molecule has 1 aromatic carbocycles. The molecule has 1 saturated heterocycles. The van der Waals surface area contributed by atoms with Crippen LogP contribution in [0.5, 0.6) is 5.75 Å². The molecule has 1 fully saturated rings. The van der Waals surface area contributed by atoms with Crippen molar-refractivity contribution in [2.75, 3.05) is 46.9 Å². The van der Waals surface area contributed by atoms with Crippen molar-refractivity contribution in [3.63, 3.8) is 0 Å².